The molecule has 102 valence electrons. The molecule has 1 amide bonds. The number of halogens is 1. The van der Waals surface area contributed by atoms with E-state index >= 15 is 0 Å². The monoisotopic (exact) mass is 283 g/mol. The van der Waals surface area contributed by atoms with Gasteiger partial charge in [0.1, 0.15) is 11.3 Å². The molecule has 1 N–H and O–H groups in total. The van der Waals surface area contributed by atoms with E-state index in [4.69, 9.17) is 16.3 Å². The number of nitrogens with zero attached hydrogens (tertiary/aromatic N) is 1. The van der Waals surface area contributed by atoms with Crippen LogP contribution in [0.3, 0.4) is 0 Å². The molecule has 6 heteroatoms. The number of rotatable bonds is 3. The summed E-state index contributed by atoms with van der Waals surface area (Å²) in [5.41, 5.74) is -0.0401. The normalized spacial score (nSPS) is 14.5. The van der Waals surface area contributed by atoms with E-state index < -0.39 is 5.97 Å². The van der Waals surface area contributed by atoms with Crippen molar-refractivity contribution in [3.63, 3.8) is 0 Å². The first-order valence-corrected chi connectivity index (χ1v) is 6.39. The number of hydrogen-bond donors (Lipinski definition) is 1. The van der Waals surface area contributed by atoms with Gasteiger partial charge >= 0.3 is 5.97 Å². The van der Waals surface area contributed by atoms with E-state index in [0.29, 0.717) is 18.1 Å². The van der Waals surface area contributed by atoms with Gasteiger partial charge in [-0.05, 0) is 31.0 Å². The van der Waals surface area contributed by atoms with E-state index in [1.165, 1.54) is 18.2 Å². The van der Waals surface area contributed by atoms with Gasteiger partial charge in [-0.1, -0.05) is 11.6 Å². The number of esters is 1. The molecule has 1 aliphatic rings. The fraction of sp³-hybridized carbons (Fsp3) is 0.385. The van der Waals surface area contributed by atoms with Crippen LogP contribution in [0.4, 0.5) is 0 Å². The second kappa shape index (κ2) is 5.93. The van der Waals surface area contributed by atoms with Crippen LogP contribution in [-0.2, 0) is 9.53 Å². The molecular formula is C13H14ClNO4. The number of benzene rings is 1. The van der Waals surface area contributed by atoms with Crippen molar-refractivity contribution >= 4 is 23.5 Å². The maximum Gasteiger partial charge on any atom is 0.342 e. The third-order valence-corrected chi connectivity index (χ3v) is 3.20. The number of amides is 1. The third-order valence-electron chi connectivity index (χ3n) is 2.96. The Labute approximate surface area is 115 Å². The van der Waals surface area contributed by atoms with Crippen molar-refractivity contribution in [2.24, 2.45) is 0 Å². The largest absolute Gasteiger partial charge is 0.507 e. The van der Waals surface area contributed by atoms with Crippen LogP contribution in [0.5, 0.6) is 5.75 Å². The molecule has 0 radical (unpaired) electrons. The molecule has 1 aromatic carbocycles. The molecule has 2 rings (SSSR count). The topological polar surface area (TPSA) is 66.8 Å². The summed E-state index contributed by atoms with van der Waals surface area (Å²) >= 11 is 5.73. The number of carbonyl (C=O) groups excluding carboxylic acids is 2. The van der Waals surface area contributed by atoms with E-state index in [1.807, 2.05) is 0 Å². The Hall–Kier alpha value is -1.75. The standard InChI is InChI=1S/C13H14ClNO4/c14-9-3-4-11(16)10(7-9)13(18)19-8-12(17)15-5-1-2-6-15/h3-4,7,16H,1-2,5-6,8H2. The van der Waals surface area contributed by atoms with Crippen LogP contribution >= 0.6 is 11.6 Å². The minimum atomic E-state index is -0.757. The quantitative estimate of drug-likeness (QED) is 0.860. The van der Waals surface area contributed by atoms with Gasteiger partial charge in [0.05, 0.1) is 0 Å². The summed E-state index contributed by atoms with van der Waals surface area (Å²) in [6.45, 7) is 1.10. The van der Waals surface area contributed by atoms with Gasteiger partial charge in [-0.25, -0.2) is 4.79 Å². The molecule has 0 atom stereocenters. The Morgan fingerprint density at radius 1 is 1.32 bits per heavy atom. The van der Waals surface area contributed by atoms with E-state index in [9.17, 15) is 14.7 Å². The van der Waals surface area contributed by atoms with Crippen molar-refractivity contribution in [3.8, 4) is 5.75 Å². The van der Waals surface area contributed by atoms with E-state index in [1.54, 1.807) is 4.90 Å². The molecule has 1 aromatic rings. The maximum absolute atomic E-state index is 11.7. The van der Waals surface area contributed by atoms with Crippen molar-refractivity contribution < 1.29 is 19.4 Å². The highest BCUT2D eigenvalue weighted by atomic mass is 35.5. The summed E-state index contributed by atoms with van der Waals surface area (Å²) in [4.78, 5) is 25.1. The van der Waals surface area contributed by atoms with Crippen molar-refractivity contribution in [2.45, 2.75) is 12.8 Å². The summed E-state index contributed by atoms with van der Waals surface area (Å²) < 4.78 is 4.89. The predicted octanol–water partition coefficient (Wildman–Crippen LogP) is 1.82. The molecular weight excluding hydrogens is 270 g/mol. The first-order chi connectivity index (χ1) is 9.08. The van der Waals surface area contributed by atoms with E-state index in [2.05, 4.69) is 0 Å². The smallest absolute Gasteiger partial charge is 0.342 e. The second-order valence-corrected chi connectivity index (χ2v) is 4.76. The number of hydrogen-bond acceptors (Lipinski definition) is 4. The molecule has 0 unspecified atom stereocenters. The second-order valence-electron chi connectivity index (χ2n) is 4.33. The fourth-order valence-electron chi connectivity index (χ4n) is 1.93. The van der Waals surface area contributed by atoms with Gasteiger partial charge in [0, 0.05) is 18.1 Å². The van der Waals surface area contributed by atoms with Gasteiger partial charge in [0.15, 0.2) is 6.61 Å². The fourth-order valence-corrected chi connectivity index (χ4v) is 2.11. The number of ether oxygens (including phenoxy) is 1. The summed E-state index contributed by atoms with van der Waals surface area (Å²) in [6.07, 6.45) is 1.96. The van der Waals surface area contributed by atoms with E-state index in [-0.39, 0.29) is 23.8 Å². The summed E-state index contributed by atoms with van der Waals surface area (Å²) in [6, 6.07) is 4.07. The number of carbonyl (C=O) groups is 2. The first kappa shape index (κ1) is 13.7. The Morgan fingerprint density at radius 3 is 2.68 bits per heavy atom. The molecule has 1 heterocycles. The predicted molar refractivity (Wildman–Crippen MR) is 69.2 cm³/mol. The number of likely N-dealkylation sites (tertiary alicyclic amines) is 1. The zero-order valence-electron chi connectivity index (χ0n) is 10.3. The van der Waals surface area contributed by atoms with Crippen molar-refractivity contribution in [3.05, 3.63) is 28.8 Å². The molecule has 1 aliphatic heterocycles. The highest BCUT2D eigenvalue weighted by Gasteiger charge is 2.20. The van der Waals surface area contributed by atoms with Crippen LogP contribution < -0.4 is 0 Å². The molecule has 0 saturated carbocycles. The minimum absolute atomic E-state index is 0.0401. The minimum Gasteiger partial charge on any atom is -0.507 e. The van der Waals surface area contributed by atoms with Gasteiger partial charge in [-0.3, -0.25) is 4.79 Å². The van der Waals surface area contributed by atoms with Crippen molar-refractivity contribution in [1.29, 1.82) is 0 Å². The Bertz CT molecular complexity index is 497. The molecule has 0 aromatic heterocycles. The molecule has 5 nitrogen and oxygen atoms in total. The Morgan fingerprint density at radius 2 is 2.00 bits per heavy atom. The average Bonchev–Trinajstić information content (AvgIpc) is 2.92. The zero-order chi connectivity index (χ0) is 13.8. The Kier molecular flexibility index (Phi) is 4.27. The molecule has 0 aliphatic carbocycles. The highest BCUT2D eigenvalue weighted by molar-refractivity contribution is 6.31. The summed E-state index contributed by atoms with van der Waals surface area (Å²) in [7, 11) is 0. The average molecular weight is 284 g/mol. The number of phenolic OH excluding ortho intramolecular Hbond substituents is 1. The van der Waals surface area contributed by atoms with Gasteiger partial charge < -0.3 is 14.7 Å². The zero-order valence-corrected chi connectivity index (χ0v) is 11.0. The van der Waals surface area contributed by atoms with Gasteiger partial charge in [-0.2, -0.15) is 0 Å². The lowest BCUT2D eigenvalue weighted by molar-refractivity contribution is -0.133. The van der Waals surface area contributed by atoms with Gasteiger partial charge in [0.2, 0.25) is 0 Å². The van der Waals surface area contributed by atoms with Crippen LogP contribution in [0.15, 0.2) is 18.2 Å². The third kappa shape index (κ3) is 3.38. The first-order valence-electron chi connectivity index (χ1n) is 6.01. The Balaban J connectivity index is 1.93. The van der Waals surface area contributed by atoms with Crippen LogP contribution in [0, 0.1) is 0 Å². The lowest BCUT2D eigenvalue weighted by Crippen LogP contribution is -2.32. The van der Waals surface area contributed by atoms with Gasteiger partial charge in [-0.15, -0.1) is 0 Å². The summed E-state index contributed by atoms with van der Waals surface area (Å²) in [5, 5.41) is 9.84. The van der Waals surface area contributed by atoms with Gasteiger partial charge in [0.25, 0.3) is 5.91 Å². The van der Waals surface area contributed by atoms with Crippen LogP contribution in [0.1, 0.15) is 23.2 Å². The molecule has 1 saturated heterocycles. The maximum atomic E-state index is 11.7. The van der Waals surface area contributed by atoms with Crippen molar-refractivity contribution in [2.75, 3.05) is 19.7 Å². The number of aromatic hydroxyl groups is 1. The lowest BCUT2D eigenvalue weighted by atomic mass is 10.2. The van der Waals surface area contributed by atoms with Crippen LogP contribution in [0.25, 0.3) is 0 Å². The molecule has 1 fully saturated rings. The SMILES string of the molecule is O=C(OCC(=O)N1CCCC1)c1cc(Cl)ccc1O. The molecule has 19 heavy (non-hydrogen) atoms. The van der Waals surface area contributed by atoms with E-state index in [0.717, 1.165) is 12.8 Å². The van der Waals surface area contributed by atoms with Crippen LogP contribution in [-0.4, -0.2) is 41.6 Å². The number of phenols is 1. The highest BCUT2D eigenvalue weighted by Crippen LogP contribution is 2.22. The van der Waals surface area contributed by atoms with Crippen LogP contribution in [0.2, 0.25) is 5.02 Å². The van der Waals surface area contributed by atoms with Crippen molar-refractivity contribution in [1.82, 2.24) is 4.90 Å². The lowest BCUT2D eigenvalue weighted by Gasteiger charge is -2.15. The molecule has 0 bridgehead atoms. The summed E-state index contributed by atoms with van der Waals surface area (Å²) in [5.74, 6) is -1.19. The molecule has 0 spiro atoms.